The third-order valence-electron chi connectivity index (χ3n) is 2.96. The zero-order valence-electron chi connectivity index (χ0n) is 10.7. The number of aliphatic hydroxyl groups is 1. The minimum Gasteiger partial charge on any atom is -0.388 e. The number of hydrogen-bond acceptors (Lipinski definition) is 3. The summed E-state index contributed by atoms with van der Waals surface area (Å²) < 4.78 is 35.5. The van der Waals surface area contributed by atoms with Crippen molar-refractivity contribution in [2.24, 2.45) is 0 Å². The molecule has 5 heteroatoms. The molecule has 0 radical (unpaired) electrons. The summed E-state index contributed by atoms with van der Waals surface area (Å²) in [6.45, 7) is 3.33. The molecule has 102 valence electrons. The van der Waals surface area contributed by atoms with Crippen LogP contribution in [0, 0.1) is 12.7 Å². The van der Waals surface area contributed by atoms with Gasteiger partial charge < -0.3 is 5.11 Å². The van der Waals surface area contributed by atoms with Crippen LogP contribution in [0.15, 0.2) is 18.2 Å². The van der Waals surface area contributed by atoms with Crippen LogP contribution in [0.1, 0.15) is 37.0 Å². The van der Waals surface area contributed by atoms with Crippen molar-refractivity contribution in [3.8, 4) is 0 Å². The van der Waals surface area contributed by atoms with Crippen molar-refractivity contribution in [2.45, 2.75) is 32.8 Å². The quantitative estimate of drug-likeness (QED) is 0.866. The maximum atomic E-state index is 12.9. The summed E-state index contributed by atoms with van der Waals surface area (Å²) in [6.07, 6.45) is 0.0394. The molecular formula is C13H19FO3S. The van der Waals surface area contributed by atoms with E-state index >= 15 is 0 Å². The summed E-state index contributed by atoms with van der Waals surface area (Å²) in [5.41, 5.74) is 1.34. The molecule has 0 fully saturated rings. The first-order valence-electron chi connectivity index (χ1n) is 6.00. The molecule has 1 unspecified atom stereocenters. The van der Waals surface area contributed by atoms with E-state index in [1.165, 1.54) is 12.1 Å². The van der Waals surface area contributed by atoms with Crippen molar-refractivity contribution >= 4 is 9.84 Å². The van der Waals surface area contributed by atoms with Gasteiger partial charge in [-0.2, -0.15) is 0 Å². The van der Waals surface area contributed by atoms with Crippen LogP contribution in [0.3, 0.4) is 0 Å². The number of aryl methyl sites for hydroxylation is 1. The molecule has 1 N–H and O–H groups in total. The SMILES string of the molecule is CCS(=O)(=O)CCCC(O)c1ccc(F)cc1C. The van der Waals surface area contributed by atoms with Gasteiger partial charge in [0.2, 0.25) is 0 Å². The highest BCUT2D eigenvalue weighted by Crippen LogP contribution is 2.22. The van der Waals surface area contributed by atoms with Crippen LogP contribution in [-0.4, -0.2) is 25.0 Å². The van der Waals surface area contributed by atoms with E-state index in [1.807, 2.05) is 0 Å². The Kier molecular flexibility index (Phi) is 5.28. The van der Waals surface area contributed by atoms with Gasteiger partial charge in [0.15, 0.2) is 0 Å². The lowest BCUT2D eigenvalue weighted by atomic mass is 10.0. The molecule has 0 aliphatic carbocycles. The second-order valence-corrected chi connectivity index (χ2v) is 6.87. The van der Waals surface area contributed by atoms with Gasteiger partial charge in [0.25, 0.3) is 0 Å². The summed E-state index contributed by atoms with van der Waals surface area (Å²) >= 11 is 0. The highest BCUT2D eigenvalue weighted by atomic mass is 32.2. The molecule has 0 aliphatic heterocycles. The number of aliphatic hydroxyl groups excluding tert-OH is 1. The van der Waals surface area contributed by atoms with Crippen LogP contribution in [0.5, 0.6) is 0 Å². The highest BCUT2D eigenvalue weighted by Gasteiger charge is 2.13. The fraction of sp³-hybridized carbons (Fsp3) is 0.538. The van der Waals surface area contributed by atoms with Crippen LogP contribution >= 0.6 is 0 Å². The molecule has 0 saturated carbocycles. The molecule has 0 aliphatic rings. The van der Waals surface area contributed by atoms with Crippen molar-refractivity contribution in [1.29, 1.82) is 0 Å². The molecule has 0 heterocycles. The Morgan fingerprint density at radius 2 is 2.06 bits per heavy atom. The lowest BCUT2D eigenvalue weighted by molar-refractivity contribution is 0.166. The Morgan fingerprint density at radius 1 is 1.39 bits per heavy atom. The Bertz CT molecular complexity index is 497. The van der Waals surface area contributed by atoms with E-state index in [0.29, 0.717) is 24.0 Å². The van der Waals surface area contributed by atoms with Crippen LogP contribution in [0.25, 0.3) is 0 Å². The minimum absolute atomic E-state index is 0.0841. The average Bonchev–Trinajstić information content (AvgIpc) is 2.28. The van der Waals surface area contributed by atoms with Gasteiger partial charge in [-0.15, -0.1) is 0 Å². The fourth-order valence-electron chi connectivity index (χ4n) is 1.81. The minimum atomic E-state index is -2.99. The first-order chi connectivity index (χ1) is 8.35. The third kappa shape index (κ3) is 4.38. The van der Waals surface area contributed by atoms with Crippen molar-refractivity contribution in [3.05, 3.63) is 35.1 Å². The first-order valence-corrected chi connectivity index (χ1v) is 7.82. The van der Waals surface area contributed by atoms with E-state index in [1.54, 1.807) is 19.9 Å². The van der Waals surface area contributed by atoms with E-state index in [9.17, 15) is 17.9 Å². The summed E-state index contributed by atoms with van der Waals surface area (Å²) in [6, 6.07) is 4.21. The van der Waals surface area contributed by atoms with Crippen LogP contribution in [-0.2, 0) is 9.84 Å². The standard InChI is InChI=1S/C13H19FO3S/c1-3-18(16,17)8-4-5-13(15)12-7-6-11(14)9-10(12)2/h6-7,9,13,15H,3-5,8H2,1-2H3. The predicted molar refractivity (Wildman–Crippen MR) is 69.7 cm³/mol. The number of halogens is 1. The van der Waals surface area contributed by atoms with E-state index in [0.717, 1.165) is 0 Å². The largest absolute Gasteiger partial charge is 0.388 e. The number of hydrogen-bond donors (Lipinski definition) is 1. The van der Waals surface area contributed by atoms with E-state index in [2.05, 4.69) is 0 Å². The first kappa shape index (κ1) is 15.1. The van der Waals surface area contributed by atoms with E-state index in [4.69, 9.17) is 0 Å². The molecule has 3 nitrogen and oxygen atoms in total. The van der Waals surface area contributed by atoms with Crippen LogP contribution in [0.4, 0.5) is 4.39 Å². The molecule has 0 saturated heterocycles. The monoisotopic (exact) mass is 274 g/mol. The van der Waals surface area contributed by atoms with Crippen LogP contribution in [0.2, 0.25) is 0 Å². The second-order valence-electron chi connectivity index (χ2n) is 4.40. The van der Waals surface area contributed by atoms with Crippen molar-refractivity contribution in [1.82, 2.24) is 0 Å². The zero-order valence-corrected chi connectivity index (χ0v) is 11.5. The Balaban J connectivity index is 2.58. The molecule has 0 bridgehead atoms. The highest BCUT2D eigenvalue weighted by molar-refractivity contribution is 7.91. The van der Waals surface area contributed by atoms with Crippen molar-refractivity contribution in [2.75, 3.05) is 11.5 Å². The predicted octanol–water partition coefficient (Wildman–Crippen LogP) is 2.38. The van der Waals surface area contributed by atoms with Crippen molar-refractivity contribution in [3.63, 3.8) is 0 Å². The van der Waals surface area contributed by atoms with Gasteiger partial charge >= 0.3 is 0 Å². The molecule has 1 aromatic carbocycles. The lowest BCUT2D eigenvalue weighted by Crippen LogP contribution is -2.10. The van der Waals surface area contributed by atoms with Gasteiger partial charge in [-0.3, -0.25) is 0 Å². The maximum Gasteiger partial charge on any atom is 0.150 e. The average molecular weight is 274 g/mol. The summed E-state index contributed by atoms with van der Waals surface area (Å²) in [5.74, 6) is -0.128. The Labute approximate surface area is 108 Å². The molecule has 1 rings (SSSR count). The number of rotatable bonds is 6. The van der Waals surface area contributed by atoms with E-state index < -0.39 is 15.9 Å². The summed E-state index contributed by atoms with van der Waals surface area (Å²) in [7, 11) is -2.99. The summed E-state index contributed by atoms with van der Waals surface area (Å²) in [5, 5.41) is 9.94. The Morgan fingerprint density at radius 3 is 2.61 bits per heavy atom. The second kappa shape index (κ2) is 6.29. The molecule has 1 aromatic rings. The lowest BCUT2D eigenvalue weighted by Gasteiger charge is -2.13. The van der Waals surface area contributed by atoms with Gasteiger partial charge in [0.1, 0.15) is 15.7 Å². The van der Waals surface area contributed by atoms with Gasteiger partial charge in [-0.05, 0) is 43.0 Å². The van der Waals surface area contributed by atoms with Gasteiger partial charge in [-0.25, -0.2) is 12.8 Å². The normalized spacial score (nSPS) is 13.6. The molecule has 0 spiro atoms. The molecule has 0 amide bonds. The van der Waals surface area contributed by atoms with Crippen molar-refractivity contribution < 1.29 is 17.9 Å². The molecule has 0 aromatic heterocycles. The molecular weight excluding hydrogens is 255 g/mol. The van der Waals surface area contributed by atoms with Gasteiger partial charge in [-0.1, -0.05) is 13.0 Å². The number of benzene rings is 1. The van der Waals surface area contributed by atoms with E-state index in [-0.39, 0.29) is 17.3 Å². The number of sulfone groups is 1. The van der Waals surface area contributed by atoms with Gasteiger partial charge in [0, 0.05) is 5.75 Å². The maximum absolute atomic E-state index is 12.9. The molecule has 18 heavy (non-hydrogen) atoms. The smallest absolute Gasteiger partial charge is 0.150 e. The molecule has 1 atom stereocenters. The summed E-state index contributed by atoms with van der Waals surface area (Å²) in [4.78, 5) is 0. The Hall–Kier alpha value is -0.940. The third-order valence-corrected chi connectivity index (χ3v) is 4.75. The fourth-order valence-corrected chi connectivity index (χ4v) is 2.70. The zero-order chi connectivity index (χ0) is 13.8. The van der Waals surface area contributed by atoms with Crippen LogP contribution < -0.4 is 0 Å². The van der Waals surface area contributed by atoms with Gasteiger partial charge in [0.05, 0.1) is 11.9 Å². The topological polar surface area (TPSA) is 54.4 Å².